The first-order valence-corrected chi connectivity index (χ1v) is 7.02. The molecule has 0 saturated carbocycles. The Labute approximate surface area is 117 Å². The van der Waals surface area contributed by atoms with Gasteiger partial charge in [-0.1, -0.05) is 13.0 Å². The number of anilines is 1. The second-order valence-corrected chi connectivity index (χ2v) is 5.86. The monoisotopic (exact) mass is 261 g/mol. The molecule has 0 aromatic carbocycles. The van der Waals surface area contributed by atoms with Gasteiger partial charge >= 0.3 is 0 Å². The fraction of sp³-hybridized carbons (Fsp3) is 0.562. The fourth-order valence-electron chi connectivity index (χ4n) is 1.84. The third-order valence-corrected chi connectivity index (χ3v) is 2.80. The second kappa shape index (κ2) is 7.29. The minimum Gasteiger partial charge on any atom is -0.353 e. The van der Waals surface area contributed by atoms with E-state index in [-0.39, 0.29) is 5.54 Å². The number of nitrogens with one attached hydrogen (secondary N) is 1. The summed E-state index contributed by atoms with van der Waals surface area (Å²) in [6.45, 7) is 15.3. The van der Waals surface area contributed by atoms with Crippen LogP contribution in [0, 0.1) is 0 Å². The molecule has 0 unspecified atom stereocenters. The summed E-state index contributed by atoms with van der Waals surface area (Å²) in [5.41, 5.74) is 1.40. The van der Waals surface area contributed by atoms with Crippen molar-refractivity contribution in [2.24, 2.45) is 0 Å². The Balaban J connectivity index is 2.76. The maximum absolute atomic E-state index is 4.47. The van der Waals surface area contributed by atoms with E-state index in [1.807, 2.05) is 12.3 Å². The predicted molar refractivity (Wildman–Crippen MR) is 83.5 cm³/mol. The molecule has 3 nitrogen and oxygen atoms in total. The highest BCUT2D eigenvalue weighted by Gasteiger charge is 2.10. The van der Waals surface area contributed by atoms with E-state index in [0.717, 1.165) is 31.9 Å². The van der Waals surface area contributed by atoms with E-state index >= 15 is 0 Å². The van der Waals surface area contributed by atoms with Gasteiger partial charge in [0.1, 0.15) is 5.82 Å². The largest absolute Gasteiger partial charge is 0.353 e. The van der Waals surface area contributed by atoms with Crippen LogP contribution in [0.25, 0.3) is 0 Å². The highest BCUT2D eigenvalue weighted by atomic mass is 15.2. The molecule has 1 rings (SSSR count). The fourth-order valence-corrected chi connectivity index (χ4v) is 1.84. The topological polar surface area (TPSA) is 28.2 Å². The smallest absolute Gasteiger partial charge is 0.129 e. The van der Waals surface area contributed by atoms with Gasteiger partial charge < -0.3 is 10.2 Å². The standard InChI is InChI=1S/C16H27N3/c1-6-10-19(11-7-2)15-12-14(8-9-17-15)13-18-16(3,4)5/h6,8-9,12,18H,1,7,10-11,13H2,2-5H3. The number of nitrogens with zero attached hydrogens (tertiary/aromatic N) is 2. The highest BCUT2D eigenvalue weighted by molar-refractivity contribution is 5.41. The first-order valence-electron chi connectivity index (χ1n) is 7.02. The van der Waals surface area contributed by atoms with Crippen molar-refractivity contribution in [3.63, 3.8) is 0 Å². The van der Waals surface area contributed by atoms with Crippen LogP contribution in [-0.2, 0) is 6.54 Å². The molecule has 1 aromatic heterocycles. The lowest BCUT2D eigenvalue weighted by molar-refractivity contribution is 0.424. The van der Waals surface area contributed by atoms with Crippen molar-refractivity contribution in [1.82, 2.24) is 10.3 Å². The van der Waals surface area contributed by atoms with E-state index in [9.17, 15) is 0 Å². The van der Waals surface area contributed by atoms with Gasteiger partial charge in [0.15, 0.2) is 0 Å². The molecule has 0 saturated heterocycles. The number of rotatable bonds is 7. The molecule has 0 aliphatic rings. The molecule has 3 heteroatoms. The van der Waals surface area contributed by atoms with Crippen molar-refractivity contribution in [3.8, 4) is 0 Å². The molecule has 0 spiro atoms. The first-order chi connectivity index (χ1) is 8.96. The average Bonchev–Trinajstić information content (AvgIpc) is 2.36. The van der Waals surface area contributed by atoms with Crippen LogP contribution in [0.5, 0.6) is 0 Å². The van der Waals surface area contributed by atoms with Crippen molar-refractivity contribution in [2.75, 3.05) is 18.0 Å². The molecule has 0 atom stereocenters. The zero-order valence-electron chi connectivity index (χ0n) is 12.7. The molecule has 0 fully saturated rings. The SMILES string of the molecule is C=CCN(CCC)c1cc(CNC(C)(C)C)ccn1. The lowest BCUT2D eigenvalue weighted by Crippen LogP contribution is -2.35. The minimum atomic E-state index is 0.133. The van der Waals surface area contributed by atoms with Crippen molar-refractivity contribution in [1.29, 1.82) is 0 Å². The Morgan fingerprint density at radius 2 is 2.16 bits per heavy atom. The first kappa shape index (κ1) is 15.7. The van der Waals surface area contributed by atoms with Gasteiger partial charge in [0.25, 0.3) is 0 Å². The molecule has 106 valence electrons. The molecule has 1 N–H and O–H groups in total. The van der Waals surface area contributed by atoms with E-state index in [1.165, 1.54) is 5.56 Å². The zero-order chi connectivity index (χ0) is 14.3. The Hall–Kier alpha value is -1.35. The van der Waals surface area contributed by atoms with Crippen molar-refractivity contribution in [3.05, 3.63) is 36.5 Å². The van der Waals surface area contributed by atoms with Crippen LogP contribution in [-0.4, -0.2) is 23.6 Å². The van der Waals surface area contributed by atoms with Crippen molar-refractivity contribution < 1.29 is 0 Å². The van der Waals surface area contributed by atoms with Crippen LogP contribution in [0.3, 0.4) is 0 Å². The van der Waals surface area contributed by atoms with Gasteiger partial charge in [0, 0.05) is 31.4 Å². The zero-order valence-corrected chi connectivity index (χ0v) is 12.7. The van der Waals surface area contributed by atoms with Gasteiger partial charge in [-0.15, -0.1) is 6.58 Å². The lowest BCUT2D eigenvalue weighted by Gasteiger charge is -2.23. The van der Waals surface area contributed by atoms with E-state index in [2.05, 4.69) is 61.6 Å². The van der Waals surface area contributed by atoms with Gasteiger partial charge in [0.05, 0.1) is 0 Å². The van der Waals surface area contributed by atoms with Crippen LogP contribution < -0.4 is 10.2 Å². The second-order valence-electron chi connectivity index (χ2n) is 5.86. The van der Waals surface area contributed by atoms with Crippen LogP contribution in [0.1, 0.15) is 39.7 Å². The quantitative estimate of drug-likeness (QED) is 0.763. The van der Waals surface area contributed by atoms with Crippen LogP contribution in [0.15, 0.2) is 31.0 Å². The molecule has 0 bridgehead atoms. The third kappa shape index (κ3) is 5.88. The number of hydrogen-bond donors (Lipinski definition) is 1. The Bertz CT molecular complexity index is 393. The summed E-state index contributed by atoms with van der Waals surface area (Å²) in [6.07, 6.45) is 4.93. The predicted octanol–water partition coefficient (Wildman–Crippen LogP) is 3.37. The van der Waals surface area contributed by atoms with E-state index < -0.39 is 0 Å². The van der Waals surface area contributed by atoms with Crippen molar-refractivity contribution >= 4 is 5.82 Å². The van der Waals surface area contributed by atoms with Gasteiger partial charge in [-0.2, -0.15) is 0 Å². The summed E-state index contributed by atoms with van der Waals surface area (Å²) in [5, 5.41) is 3.50. The molecule has 19 heavy (non-hydrogen) atoms. The molecule has 0 radical (unpaired) electrons. The Morgan fingerprint density at radius 3 is 2.74 bits per heavy atom. The Kier molecular flexibility index (Phi) is 6.03. The van der Waals surface area contributed by atoms with E-state index in [1.54, 1.807) is 0 Å². The molecular weight excluding hydrogens is 234 g/mol. The lowest BCUT2D eigenvalue weighted by atomic mass is 10.1. The molecule has 1 heterocycles. The van der Waals surface area contributed by atoms with Gasteiger partial charge in [-0.05, 0) is 44.9 Å². The van der Waals surface area contributed by atoms with E-state index in [4.69, 9.17) is 0 Å². The molecule has 0 aliphatic heterocycles. The van der Waals surface area contributed by atoms with E-state index in [0.29, 0.717) is 0 Å². The molecule has 0 amide bonds. The van der Waals surface area contributed by atoms with Gasteiger partial charge in [0.2, 0.25) is 0 Å². The van der Waals surface area contributed by atoms with Crippen molar-refractivity contribution in [2.45, 2.75) is 46.2 Å². The summed E-state index contributed by atoms with van der Waals surface area (Å²) in [6, 6.07) is 4.23. The molecule has 0 aliphatic carbocycles. The van der Waals surface area contributed by atoms with Gasteiger partial charge in [-0.3, -0.25) is 0 Å². The van der Waals surface area contributed by atoms with Crippen LogP contribution in [0.4, 0.5) is 5.82 Å². The number of hydrogen-bond acceptors (Lipinski definition) is 3. The number of pyridine rings is 1. The summed E-state index contributed by atoms with van der Waals surface area (Å²) in [7, 11) is 0. The maximum Gasteiger partial charge on any atom is 0.129 e. The molecule has 1 aromatic rings. The van der Waals surface area contributed by atoms with Crippen LogP contribution >= 0.6 is 0 Å². The number of aromatic nitrogens is 1. The van der Waals surface area contributed by atoms with Crippen LogP contribution in [0.2, 0.25) is 0 Å². The summed E-state index contributed by atoms with van der Waals surface area (Å²) < 4.78 is 0. The van der Waals surface area contributed by atoms with Gasteiger partial charge in [-0.25, -0.2) is 4.98 Å². The third-order valence-electron chi connectivity index (χ3n) is 2.80. The summed E-state index contributed by atoms with van der Waals surface area (Å²) in [5.74, 6) is 1.04. The minimum absolute atomic E-state index is 0.133. The molecular formula is C16H27N3. The average molecular weight is 261 g/mol. The summed E-state index contributed by atoms with van der Waals surface area (Å²) in [4.78, 5) is 6.73. The normalized spacial score (nSPS) is 11.4. The summed E-state index contributed by atoms with van der Waals surface area (Å²) >= 11 is 0. The Morgan fingerprint density at radius 1 is 1.42 bits per heavy atom. The maximum atomic E-state index is 4.47. The highest BCUT2D eigenvalue weighted by Crippen LogP contribution is 2.14.